The molecule has 1 aliphatic heterocycles. The molecule has 38 heavy (non-hydrogen) atoms. The van der Waals surface area contributed by atoms with Gasteiger partial charge in [-0.05, 0) is 39.0 Å². The number of halogens is 2. The van der Waals surface area contributed by atoms with Crippen molar-refractivity contribution in [2.75, 3.05) is 31.5 Å². The number of fused-ring (bicyclic) bond motifs is 1. The third-order valence-electron chi connectivity index (χ3n) is 6.05. The van der Waals surface area contributed by atoms with Gasteiger partial charge >= 0.3 is 6.09 Å². The van der Waals surface area contributed by atoms with Gasteiger partial charge in [0.25, 0.3) is 0 Å². The summed E-state index contributed by atoms with van der Waals surface area (Å²) in [6, 6.07) is 9.18. The maximum atomic E-state index is 14.4. The minimum Gasteiger partial charge on any atom is -0.444 e. The first-order chi connectivity index (χ1) is 18.2. The lowest BCUT2D eigenvalue weighted by Gasteiger charge is -2.35. The lowest BCUT2D eigenvalue weighted by molar-refractivity contribution is 0.0139. The van der Waals surface area contributed by atoms with Gasteiger partial charge in [0, 0.05) is 50.0 Å². The van der Waals surface area contributed by atoms with Gasteiger partial charge < -0.3 is 19.9 Å². The second-order valence-corrected chi connectivity index (χ2v) is 10.4. The lowest BCUT2D eigenvalue weighted by Crippen LogP contribution is -2.49. The van der Waals surface area contributed by atoms with Gasteiger partial charge in [0.05, 0.1) is 11.0 Å². The Kier molecular flexibility index (Phi) is 7.13. The van der Waals surface area contributed by atoms with E-state index in [0.29, 0.717) is 48.0 Å². The first kappa shape index (κ1) is 25.8. The van der Waals surface area contributed by atoms with Crippen LogP contribution in [0.4, 0.5) is 21.0 Å². The molecule has 4 heterocycles. The average Bonchev–Trinajstić information content (AvgIpc) is 3.28. The maximum absolute atomic E-state index is 14.4. The van der Waals surface area contributed by atoms with Crippen molar-refractivity contribution in [3.05, 3.63) is 59.4 Å². The molecule has 0 aliphatic carbocycles. The number of piperazine rings is 1. The van der Waals surface area contributed by atoms with E-state index < -0.39 is 11.4 Å². The van der Waals surface area contributed by atoms with Gasteiger partial charge in [0.2, 0.25) is 5.95 Å². The quantitative estimate of drug-likeness (QED) is 0.341. The number of hydrogen-bond acceptors (Lipinski definition) is 8. The zero-order valence-corrected chi connectivity index (χ0v) is 22.1. The predicted molar refractivity (Wildman–Crippen MR) is 143 cm³/mol. The van der Waals surface area contributed by atoms with Crippen LogP contribution in [-0.2, 0) is 11.3 Å². The number of aromatic amines is 1. The highest BCUT2D eigenvalue weighted by atomic mass is 35.5. The molecule has 12 heteroatoms. The summed E-state index contributed by atoms with van der Waals surface area (Å²) < 4.78 is 19.9. The fourth-order valence-electron chi connectivity index (χ4n) is 4.21. The first-order valence-corrected chi connectivity index (χ1v) is 12.6. The summed E-state index contributed by atoms with van der Waals surface area (Å²) in [6.07, 6.45) is 2.67. The minimum absolute atomic E-state index is 0.120. The average molecular weight is 539 g/mol. The van der Waals surface area contributed by atoms with Crippen LogP contribution >= 0.6 is 11.6 Å². The monoisotopic (exact) mass is 538 g/mol. The molecular formula is C26H28ClFN8O2. The molecule has 5 rings (SSSR count). The number of anilines is 2. The Morgan fingerprint density at radius 3 is 2.71 bits per heavy atom. The van der Waals surface area contributed by atoms with Crippen LogP contribution in [0, 0.1) is 5.82 Å². The van der Waals surface area contributed by atoms with Crippen LogP contribution in [0.3, 0.4) is 0 Å². The van der Waals surface area contributed by atoms with Gasteiger partial charge in [-0.15, -0.1) is 0 Å². The van der Waals surface area contributed by atoms with E-state index in [1.54, 1.807) is 29.3 Å². The molecule has 1 fully saturated rings. The number of ether oxygens (including phenoxy) is 1. The largest absolute Gasteiger partial charge is 0.444 e. The van der Waals surface area contributed by atoms with Crippen LogP contribution in [0.1, 0.15) is 26.3 Å². The van der Waals surface area contributed by atoms with Gasteiger partial charge in [-0.3, -0.25) is 4.90 Å². The van der Waals surface area contributed by atoms with Crippen molar-refractivity contribution in [1.82, 2.24) is 34.7 Å². The second-order valence-electron chi connectivity index (χ2n) is 10.0. The molecule has 1 aromatic carbocycles. The van der Waals surface area contributed by atoms with E-state index in [-0.39, 0.29) is 16.9 Å². The molecule has 2 N–H and O–H groups in total. The van der Waals surface area contributed by atoms with E-state index in [0.717, 1.165) is 18.7 Å². The Labute approximate surface area is 224 Å². The van der Waals surface area contributed by atoms with Gasteiger partial charge in [-0.25, -0.2) is 29.1 Å². The summed E-state index contributed by atoms with van der Waals surface area (Å²) in [5, 5.41) is 3.05. The molecule has 0 radical (unpaired) electrons. The van der Waals surface area contributed by atoms with Crippen LogP contribution in [-0.4, -0.2) is 72.6 Å². The summed E-state index contributed by atoms with van der Waals surface area (Å²) in [7, 11) is 0. The van der Waals surface area contributed by atoms with Crippen molar-refractivity contribution in [2.24, 2.45) is 0 Å². The summed E-state index contributed by atoms with van der Waals surface area (Å²) in [6.45, 7) is 8.92. The van der Waals surface area contributed by atoms with Crippen molar-refractivity contribution in [3.8, 4) is 11.3 Å². The zero-order chi connectivity index (χ0) is 26.9. The maximum Gasteiger partial charge on any atom is 0.410 e. The number of aromatic nitrogens is 5. The Morgan fingerprint density at radius 1 is 1.16 bits per heavy atom. The van der Waals surface area contributed by atoms with Crippen molar-refractivity contribution < 1.29 is 13.9 Å². The number of nitrogens with one attached hydrogen (secondary N) is 2. The number of imidazole rings is 1. The second kappa shape index (κ2) is 10.5. The number of H-pyrrole nitrogens is 1. The predicted octanol–water partition coefficient (Wildman–Crippen LogP) is 5.00. The van der Waals surface area contributed by atoms with Gasteiger partial charge in [-0.1, -0.05) is 23.7 Å². The third kappa shape index (κ3) is 5.84. The normalized spacial score (nSPS) is 14.6. The molecule has 0 saturated carbocycles. The number of amides is 1. The smallest absolute Gasteiger partial charge is 0.410 e. The summed E-state index contributed by atoms with van der Waals surface area (Å²) in [5.74, 6) is 0.513. The summed E-state index contributed by atoms with van der Waals surface area (Å²) in [4.78, 5) is 36.4. The van der Waals surface area contributed by atoms with Crippen molar-refractivity contribution in [1.29, 1.82) is 0 Å². The summed E-state index contributed by atoms with van der Waals surface area (Å²) in [5.41, 5.74) is 2.57. The first-order valence-electron chi connectivity index (χ1n) is 12.2. The SMILES string of the molecule is CC(C)(C)OC(=O)N1CCN(Cc2cccnc2Nc2nc3ccc(-c4ncnc(Cl)c4F)cc3[nH]2)CC1. The van der Waals surface area contributed by atoms with Gasteiger partial charge in [0.15, 0.2) is 11.0 Å². The Balaban J connectivity index is 1.27. The minimum atomic E-state index is -0.670. The number of carbonyl (C=O) groups excluding carboxylic acids is 1. The van der Waals surface area contributed by atoms with Crippen LogP contribution in [0.5, 0.6) is 0 Å². The molecular weight excluding hydrogens is 511 g/mol. The van der Waals surface area contributed by atoms with Crippen molar-refractivity contribution in [3.63, 3.8) is 0 Å². The molecule has 198 valence electrons. The number of benzene rings is 1. The van der Waals surface area contributed by atoms with Crippen LogP contribution in [0.2, 0.25) is 5.15 Å². The number of rotatable bonds is 5. The van der Waals surface area contributed by atoms with Crippen LogP contribution in [0.25, 0.3) is 22.3 Å². The number of pyridine rings is 1. The highest BCUT2D eigenvalue weighted by Crippen LogP contribution is 2.28. The lowest BCUT2D eigenvalue weighted by atomic mass is 10.1. The zero-order valence-electron chi connectivity index (χ0n) is 21.3. The summed E-state index contributed by atoms with van der Waals surface area (Å²) >= 11 is 5.82. The molecule has 1 aliphatic rings. The highest BCUT2D eigenvalue weighted by Gasteiger charge is 2.26. The highest BCUT2D eigenvalue weighted by molar-refractivity contribution is 6.29. The van der Waals surface area contributed by atoms with Crippen molar-refractivity contribution in [2.45, 2.75) is 32.9 Å². The van der Waals surface area contributed by atoms with E-state index >= 15 is 0 Å². The third-order valence-corrected chi connectivity index (χ3v) is 6.31. The van der Waals surface area contributed by atoms with E-state index in [1.165, 1.54) is 6.33 Å². The Bertz CT molecular complexity index is 1460. The number of nitrogens with zero attached hydrogens (tertiary/aromatic N) is 6. The molecule has 3 aromatic heterocycles. The number of carbonyl (C=O) groups is 1. The molecule has 0 atom stereocenters. The number of hydrogen-bond donors (Lipinski definition) is 2. The van der Waals surface area contributed by atoms with Gasteiger partial charge in [-0.2, -0.15) is 0 Å². The molecule has 0 spiro atoms. The fourth-order valence-corrected chi connectivity index (χ4v) is 4.35. The standard InChI is InChI=1S/C26H28ClFN8O2/c1-26(2,3)38-25(37)36-11-9-35(10-12-36)14-17-5-4-8-29-23(17)34-24-32-18-7-6-16(13-19(18)33-24)21-20(28)22(27)31-15-30-21/h4-8,13,15H,9-12,14H2,1-3H3,(H2,29,32,33,34). The molecule has 0 unspecified atom stereocenters. The Morgan fingerprint density at radius 2 is 1.95 bits per heavy atom. The Hall–Kier alpha value is -3.83. The molecule has 10 nitrogen and oxygen atoms in total. The van der Waals surface area contributed by atoms with Crippen LogP contribution in [0.15, 0.2) is 42.9 Å². The van der Waals surface area contributed by atoms with Gasteiger partial charge in [0.1, 0.15) is 23.4 Å². The van der Waals surface area contributed by atoms with E-state index in [1.807, 2.05) is 32.9 Å². The van der Waals surface area contributed by atoms with E-state index in [2.05, 4.69) is 35.1 Å². The molecule has 0 bridgehead atoms. The topological polar surface area (TPSA) is 112 Å². The van der Waals surface area contributed by atoms with E-state index in [9.17, 15) is 9.18 Å². The van der Waals surface area contributed by atoms with Crippen molar-refractivity contribution >= 4 is 40.5 Å². The van der Waals surface area contributed by atoms with E-state index in [4.69, 9.17) is 16.3 Å². The molecule has 4 aromatic rings. The molecule has 1 saturated heterocycles. The fraction of sp³-hybridized carbons (Fsp3) is 0.346. The van der Waals surface area contributed by atoms with Crippen LogP contribution < -0.4 is 5.32 Å². The molecule has 1 amide bonds.